The second-order valence-electron chi connectivity index (χ2n) is 19.8. The second-order valence-corrected chi connectivity index (χ2v) is 21.0. The van der Waals surface area contributed by atoms with Crippen molar-refractivity contribution in [2.24, 2.45) is 13.0 Å². The van der Waals surface area contributed by atoms with Crippen molar-refractivity contribution in [1.29, 1.82) is 0 Å². The van der Waals surface area contributed by atoms with Crippen molar-refractivity contribution in [2.45, 2.75) is 104 Å². The first kappa shape index (κ1) is 48.0. The zero-order chi connectivity index (χ0) is 49.3. The van der Waals surface area contributed by atoms with E-state index in [0.29, 0.717) is 60.3 Å². The monoisotopic (exact) mass is 977 g/mol. The average Bonchev–Trinajstić information content (AvgIpc) is 3.88. The van der Waals surface area contributed by atoms with Gasteiger partial charge in [-0.25, -0.2) is 14.8 Å². The molecule has 1 saturated carbocycles. The number of unbranched alkanes of at least 4 members (excludes halogenated alkanes) is 1. The Morgan fingerprint density at radius 3 is 2.42 bits per heavy atom. The van der Waals surface area contributed by atoms with E-state index in [2.05, 4.69) is 54.6 Å². The van der Waals surface area contributed by atoms with Crippen LogP contribution in [0.25, 0.3) is 22.0 Å². The van der Waals surface area contributed by atoms with Gasteiger partial charge in [-0.1, -0.05) is 37.1 Å². The molecule has 1 aliphatic carbocycles. The van der Waals surface area contributed by atoms with Crippen molar-refractivity contribution >= 4 is 62.6 Å². The Hall–Kier alpha value is -6.65. The number of ether oxygens (including phenoxy) is 1. The van der Waals surface area contributed by atoms with Crippen molar-refractivity contribution < 1.29 is 29.0 Å². The highest BCUT2D eigenvalue weighted by atomic mass is 32.1. The number of aromatic carboxylic acids is 1. The number of carbonyl (C=O) groups excluding carboxylic acids is 3. The molecule has 3 N–H and O–H groups in total. The van der Waals surface area contributed by atoms with Crippen LogP contribution in [-0.2, 0) is 29.6 Å². The molecule has 3 aliphatic heterocycles. The summed E-state index contributed by atoms with van der Waals surface area (Å²) < 4.78 is 8.53. The van der Waals surface area contributed by atoms with Gasteiger partial charge >= 0.3 is 5.97 Å². The summed E-state index contributed by atoms with van der Waals surface area (Å²) in [6.45, 7) is 12.1. The predicted octanol–water partition coefficient (Wildman–Crippen LogP) is 8.98. The molecule has 0 radical (unpaired) electrons. The number of thiazole rings is 1. The van der Waals surface area contributed by atoms with E-state index < -0.39 is 11.9 Å². The molecule has 370 valence electrons. The van der Waals surface area contributed by atoms with Crippen molar-refractivity contribution in [1.82, 2.24) is 30.0 Å². The number of hydrogen-bond acceptors (Lipinski definition) is 12. The SMILES string of the molecule is Cc1nc(NC(=O)c2cccc3c2CN(c2ccc(-c4cccc(OC5CCC(CCCCN6CCN(c7ccc8c(C9CCC(=O)NC9=O)nn(C)c8c7)CC6)CC5)c4C)c(C(=O)O)n2)CC3)sc1C. The predicted molar refractivity (Wildman–Crippen MR) is 277 cm³/mol. The van der Waals surface area contributed by atoms with E-state index >= 15 is 0 Å². The number of amides is 3. The Bertz CT molecular complexity index is 2980. The number of nitrogens with one attached hydrogen (secondary N) is 2. The molecule has 2 saturated heterocycles. The van der Waals surface area contributed by atoms with Crippen LogP contribution in [0.15, 0.2) is 66.7 Å². The lowest BCUT2D eigenvalue weighted by atomic mass is 9.84. The third kappa shape index (κ3) is 10.3. The van der Waals surface area contributed by atoms with Crippen LogP contribution in [0, 0.1) is 26.7 Å². The molecule has 6 aromatic rings. The maximum absolute atomic E-state index is 13.5. The summed E-state index contributed by atoms with van der Waals surface area (Å²) in [5.41, 5.74) is 8.63. The van der Waals surface area contributed by atoms with Crippen LogP contribution in [0.3, 0.4) is 0 Å². The van der Waals surface area contributed by atoms with Gasteiger partial charge in [0.25, 0.3) is 5.91 Å². The quantitative estimate of drug-likeness (QED) is 0.0699. The molecular formula is C55H63N9O6S. The number of imide groups is 1. The molecule has 0 spiro atoms. The lowest BCUT2D eigenvalue weighted by Gasteiger charge is -2.36. The normalized spacial score (nSPS) is 19.7. The smallest absolute Gasteiger partial charge is 0.355 e. The summed E-state index contributed by atoms with van der Waals surface area (Å²) in [6.07, 6.45) is 9.59. The summed E-state index contributed by atoms with van der Waals surface area (Å²) in [6, 6.07) is 21.8. The highest BCUT2D eigenvalue weighted by Crippen LogP contribution is 2.38. The number of fused-ring (bicyclic) bond motifs is 2. The van der Waals surface area contributed by atoms with E-state index in [9.17, 15) is 24.3 Å². The number of hydrogen-bond donors (Lipinski definition) is 3. The van der Waals surface area contributed by atoms with Crippen LogP contribution >= 0.6 is 11.3 Å². The number of carboxylic acid groups (broad SMARTS) is 1. The number of pyridine rings is 1. The fraction of sp³-hybridized carbons (Fsp3) is 0.436. The van der Waals surface area contributed by atoms with Gasteiger partial charge in [0.15, 0.2) is 10.8 Å². The first-order valence-corrected chi connectivity index (χ1v) is 26.1. The lowest BCUT2D eigenvalue weighted by molar-refractivity contribution is -0.134. The molecule has 71 heavy (non-hydrogen) atoms. The van der Waals surface area contributed by atoms with Crippen LogP contribution in [0.4, 0.5) is 16.6 Å². The minimum atomic E-state index is -1.10. The van der Waals surface area contributed by atoms with E-state index in [1.165, 1.54) is 36.3 Å². The maximum Gasteiger partial charge on any atom is 0.355 e. The van der Waals surface area contributed by atoms with Crippen LogP contribution < -0.4 is 25.2 Å². The van der Waals surface area contributed by atoms with Crippen LogP contribution in [-0.4, -0.2) is 98.8 Å². The van der Waals surface area contributed by atoms with Crippen molar-refractivity contribution in [3.05, 3.63) is 111 Å². The number of aryl methyl sites for hydroxylation is 3. The van der Waals surface area contributed by atoms with Gasteiger partial charge in [-0.15, -0.1) is 11.3 Å². The molecule has 1 atom stereocenters. The van der Waals surface area contributed by atoms with E-state index in [1.54, 1.807) is 0 Å². The number of piperidine rings is 1. The summed E-state index contributed by atoms with van der Waals surface area (Å²) in [7, 11) is 1.92. The summed E-state index contributed by atoms with van der Waals surface area (Å²) >= 11 is 1.46. The van der Waals surface area contributed by atoms with Crippen LogP contribution in [0.1, 0.15) is 118 Å². The number of nitrogens with zero attached hydrogens (tertiary/aromatic N) is 7. The fourth-order valence-corrected chi connectivity index (χ4v) is 11.9. The van der Waals surface area contributed by atoms with E-state index in [1.807, 2.05) is 75.0 Å². The molecule has 0 bridgehead atoms. The Balaban J connectivity index is 0.689. The maximum atomic E-state index is 13.5. The average molecular weight is 978 g/mol. The van der Waals surface area contributed by atoms with Gasteiger partial charge in [0, 0.05) is 79.8 Å². The number of carbonyl (C=O) groups is 4. The summed E-state index contributed by atoms with van der Waals surface area (Å²) in [5.74, 6) is -0.144. The largest absolute Gasteiger partial charge is 0.490 e. The zero-order valence-corrected chi connectivity index (χ0v) is 41.9. The number of aromatic nitrogens is 4. The number of anilines is 3. The summed E-state index contributed by atoms with van der Waals surface area (Å²) in [4.78, 5) is 68.1. The van der Waals surface area contributed by atoms with Gasteiger partial charge in [0.1, 0.15) is 11.6 Å². The molecule has 15 nitrogen and oxygen atoms in total. The minimum absolute atomic E-state index is 0.0135. The molecule has 6 heterocycles. The highest BCUT2D eigenvalue weighted by molar-refractivity contribution is 7.15. The van der Waals surface area contributed by atoms with Crippen molar-refractivity contribution in [2.75, 3.05) is 54.4 Å². The molecule has 16 heteroatoms. The second kappa shape index (κ2) is 20.6. The van der Waals surface area contributed by atoms with Gasteiger partial charge < -0.3 is 19.6 Å². The van der Waals surface area contributed by atoms with Gasteiger partial charge in [-0.3, -0.25) is 34.6 Å². The summed E-state index contributed by atoms with van der Waals surface area (Å²) in [5, 5.41) is 22.2. The lowest BCUT2D eigenvalue weighted by Crippen LogP contribution is -2.46. The van der Waals surface area contributed by atoms with Gasteiger partial charge in [-0.05, 0) is 143 Å². The Kier molecular flexibility index (Phi) is 13.9. The van der Waals surface area contributed by atoms with Gasteiger partial charge in [0.05, 0.1) is 28.9 Å². The molecule has 3 aromatic carbocycles. The van der Waals surface area contributed by atoms with Gasteiger partial charge in [0.2, 0.25) is 11.8 Å². The van der Waals surface area contributed by atoms with Crippen LogP contribution in [0.2, 0.25) is 0 Å². The highest BCUT2D eigenvalue weighted by Gasteiger charge is 2.32. The fourth-order valence-electron chi connectivity index (χ4n) is 11.1. The molecular weight excluding hydrogens is 915 g/mol. The van der Waals surface area contributed by atoms with E-state index in [-0.39, 0.29) is 29.5 Å². The van der Waals surface area contributed by atoms with Crippen molar-refractivity contribution in [3.8, 4) is 16.9 Å². The third-order valence-corrected chi connectivity index (χ3v) is 16.3. The number of carboxylic acids is 1. The first-order valence-electron chi connectivity index (χ1n) is 25.3. The number of benzene rings is 3. The molecule has 4 aliphatic rings. The Morgan fingerprint density at radius 2 is 1.66 bits per heavy atom. The molecule has 10 rings (SSSR count). The van der Waals surface area contributed by atoms with E-state index in [0.717, 1.165) is 114 Å². The first-order chi connectivity index (χ1) is 34.4. The number of rotatable bonds is 14. The topological polar surface area (TPSA) is 175 Å². The molecule has 3 aromatic heterocycles. The third-order valence-electron chi connectivity index (χ3n) is 15.3. The number of piperazine rings is 1. The minimum Gasteiger partial charge on any atom is -0.490 e. The van der Waals surface area contributed by atoms with Crippen LogP contribution in [0.5, 0.6) is 5.75 Å². The Morgan fingerprint density at radius 1 is 0.859 bits per heavy atom. The molecule has 3 amide bonds. The molecule has 1 unspecified atom stereocenters. The van der Waals surface area contributed by atoms with Crippen molar-refractivity contribution in [3.63, 3.8) is 0 Å². The molecule has 3 fully saturated rings. The Labute approximate surface area is 418 Å². The zero-order valence-electron chi connectivity index (χ0n) is 41.1. The van der Waals surface area contributed by atoms with E-state index in [4.69, 9.17) is 14.8 Å². The standard InChI is InChI=1S/C55H63N9O6S/c1-33-40(41-20-22-48(57-51(41)54(68)69)64-26-24-37-10-7-12-42(45(37)32-64)52(66)59-55-56-34(2)35(3)71-55)11-8-13-47(33)70-39-17-14-36(15-18-39)9-5-6-25-62-27-29-63(30-28-62)38-16-19-43-46(31-38)61(4)60-50(43)44-21-23-49(65)58-53(44)67/h7-8,10-13,16,19-20,22,31,36,39,44H,5-6,9,14-15,17-18,21,23-30,32H2,1-4H3,(H,68,69)(H,56,59,66)(H,58,65,67). The van der Waals surface area contributed by atoms with Gasteiger partial charge in [-0.2, -0.15) is 5.10 Å².